The summed E-state index contributed by atoms with van der Waals surface area (Å²) in [4.78, 5) is 28.2. The molecule has 2 heterocycles. The SMILES string of the molecule is COc1ccc(CNc2c(/C=C3/SC(=S)N(Cc4ccc(OC)cc4)C3=O)c(C)c(C#N)c(=O)n2C)cc1. The third-order valence-electron chi connectivity index (χ3n) is 6.27. The van der Waals surface area contributed by atoms with Crippen molar-refractivity contribution in [1.82, 2.24) is 9.47 Å². The van der Waals surface area contributed by atoms with Gasteiger partial charge in [0.2, 0.25) is 0 Å². The minimum atomic E-state index is -0.411. The van der Waals surface area contributed by atoms with Gasteiger partial charge >= 0.3 is 0 Å². The zero-order valence-electron chi connectivity index (χ0n) is 21.4. The Morgan fingerprint density at radius 3 is 2.16 bits per heavy atom. The van der Waals surface area contributed by atoms with Crippen molar-refractivity contribution < 1.29 is 14.3 Å². The van der Waals surface area contributed by atoms with E-state index < -0.39 is 5.56 Å². The Hall–Kier alpha value is -4.07. The minimum absolute atomic E-state index is 0.0301. The first-order valence-electron chi connectivity index (χ1n) is 11.7. The third kappa shape index (κ3) is 5.44. The summed E-state index contributed by atoms with van der Waals surface area (Å²) in [5, 5.41) is 13.0. The lowest BCUT2D eigenvalue weighted by Crippen LogP contribution is -2.27. The van der Waals surface area contributed by atoms with E-state index in [1.807, 2.05) is 54.6 Å². The Morgan fingerprint density at radius 2 is 1.61 bits per heavy atom. The lowest BCUT2D eigenvalue weighted by atomic mass is 10.0. The van der Waals surface area contributed by atoms with Gasteiger partial charge in [0, 0.05) is 19.2 Å². The molecule has 3 aromatic rings. The van der Waals surface area contributed by atoms with Gasteiger partial charge in [0.25, 0.3) is 11.5 Å². The van der Waals surface area contributed by atoms with Gasteiger partial charge in [-0.3, -0.25) is 19.1 Å². The van der Waals surface area contributed by atoms with Crippen LogP contribution >= 0.6 is 24.0 Å². The first kappa shape index (κ1) is 27.0. The number of thioether (sulfide) groups is 1. The normalized spacial score (nSPS) is 14.1. The maximum absolute atomic E-state index is 13.4. The zero-order chi connectivity index (χ0) is 27.4. The molecule has 0 atom stereocenters. The highest BCUT2D eigenvalue weighted by atomic mass is 32.2. The van der Waals surface area contributed by atoms with Crippen LogP contribution in [0.5, 0.6) is 11.5 Å². The average Bonchev–Trinajstić information content (AvgIpc) is 3.19. The highest BCUT2D eigenvalue weighted by molar-refractivity contribution is 8.26. The van der Waals surface area contributed by atoms with E-state index in [4.69, 9.17) is 21.7 Å². The summed E-state index contributed by atoms with van der Waals surface area (Å²) in [6.45, 7) is 2.45. The molecule has 0 saturated carbocycles. The van der Waals surface area contributed by atoms with Gasteiger partial charge in [0.05, 0.1) is 25.7 Å². The van der Waals surface area contributed by atoms with Crippen molar-refractivity contribution in [3.63, 3.8) is 0 Å². The van der Waals surface area contributed by atoms with Gasteiger partial charge in [-0.05, 0) is 54.0 Å². The van der Waals surface area contributed by atoms with Crippen molar-refractivity contribution in [2.24, 2.45) is 7.05 Å². The number of hydrogen-bond donors (Lipinski definition) is 1. The van der Waals surface area contributed by atoms with Crippen LogP contribution in [0.2, 0.25) is 0 Å². The van der Waals surface area contributed by atoms with E-state index in [9.17, 15) is 14.9 Å². The van der Waals surface area contributed by atoms with Gasteiger partial charge < -0.3 is 14.8 Å². The fourth-order valence-electron chi connectivity index (χ4n) is 4.05. The molecule has 8 nitrogen and oxygen atoms in total. The molecular weight excluding hydrogens is 520 g/mol. The predicted molar refractivity (Wildman–Crippen MR) is 153 cm³/mol. The molecule has 1 aliphatic heterocycles. The Bertz CT molecular complexity index is 1520. The molecule has 0 radical (unpaired) electrons. The number of nitriles is 1. The van der Waals surface area contributed by atoms with Gasteiger partial charge in [-0.25, -0.2) is 0 Å². The molecule has 4 rings (SSSR count). The Morgan fingerprint density at radius 1 is 1.03 bits per heavy atom. The largest absolute Gasteiger partial charge is 0.497 e. The molecule has 0 unspecified atom stereocenters. The molecule has 38 heavy (non-hydrogen) atoms. The number of ether oxygens (including phenoxy) is 2. The minimum Gasteiger partial charge on any atom is -0.497 e. The topological polar surface area (TPSA) is 96.6 Å². The van der Waals surface area contributed by atoms with E-state index in [1.165, 1.54) is 16.3 Å². The van der Waals surface area contributed by atoms with Gasteiger partial charge in [0.15, 0.2) is 0 Å². The van der Waals surface area contributed by atoms with Crippen LogP contribution in [-0.4, -0.2) is 33.9 Å². The number of methoxy groups -OCH3 is 2. The van der Waals surface area contributed by atoms with Crippen LogP contribution in [0.25, 0.3) is 6.08 Å². The number of amides is 1. The summed E-state index contributed by atoms with van der Waals surface area (Å²) in [7, 11) is 4.81. The van der Waals surface area contributed by atoms with E-state index in [0.29, 0.717) is 39.3 Å². The van der Waals surface area contributed by atoms with E-state index in [1.54, 1.807) is 39.2 Å². The van der Waals surface area contributed by atoms with Crippen molar-refractivity contribution in [2.75, 3.05) is 19.5 Å². The molecule has 0 bridgehead atoms. The number of nitrogens with zero attached hydrogens (tertiary/aromatic N) is 3. The Kier molecular flexibility index (Phi) is 8.20. The van der Waals surface area contributed by atoms with Crippen LogP contribution in [0, 0.1) is 18.3 Å². The lowest BCUT2D eigenvalue weighted by molar-refractivity contribution is -0.122. The number of benzene rings is 2. The highest BCUT2D eigenvalue weighted by Gasteiger charge is 2.33. The van der Waals surface area contributed by atoms with Crippen molar-refractivity contribution >= 4 is 46.1 Å². The number of carbonyl (C=O) groups excluding carboxylic acids is 1. The van der Waals surface area contributed by atoms with Crippen LogP contribution < -0.4 is 20.3 Å². The zero-order valence-corrected chi connectivity index (χ0v) is 23.0. The van der Waals surface area contributed by atoms with Crippen molar-refractivity contribution in [3.05, 3.63) is 91.6 Å². The highest BCUT2D eigenvalue weighted by Crippen LogP contribution is 2.36. The van der Waals surface area contributed by atoms with Crippen molar-refractivity contribution in [1.29, 1.82) is 5.26 Å². The van der Waals surface area contributed by atoms with Crippen LogP contribution in [-0.2, 0) is 24.9 Å². The second kappa shape index (κ2) is 11.5. The summed E-state index contributed by atoms with van der Waals surface area (Å²) in [5.74, 6) is 1.74. The molecule has 1 amide bonds. The van der Waals surface area contributed by atoms with E-state index in [2.05, 4.69) is 5.32 Å². The molecule has 1 fully saturated rings. The number of nitrogens with one attached hydrogen (secondary N) is 1. The van der Waals surface area contributed by atoms with Gasteiger partial charge in [-0.1, -0.05) is 48.2 Å². The van der Waals surface area contributed by atoms with Crippen LogP contribution in [0.1, 0.15) is 27.8 Å². The van der Waals surface area contributed by atoms with Crippen LogP contribution in [0.4, 0.5) is 5.82 Å². The van der Waals surface area contributed by atoms with E-state index in [-0.39, 0.29) is 11.5 Å². The molecule has 1 N–H and O–H groups in total. The molecule has 0 aliphatic carbocycles. The molecule has 2 aromatic carbocycles. The first-order valence-corrected chi connectivity index (χ1v) is 12.9. The molecule has 0 spiro atoms. The summed E-state index contributed by atoms with van der Waals surface area (Å²) in [6, 6.07) is 17.0. The second-order valence-corrected chi connectivity index (χ2v) is 10.2. The standard InChI is InChI=1S/C28H26N4O4S2/c1-17-22(13-24-27(34)32(28(37)38-24)16-19-7-11-21(36-4)12-8-19)25(31(2)26(33)23(17)14-29)30-15-18-5-9-20(35-3)10-6-18/h5-13,30H,15-16H2,1-4H3/b24-13+. The van der Waals surface area contributed by atoms with Crippen LogP contribution in [0.15, 0.2) is 58.2 Å². The fraction of sp³-hybridized carbons (Fsp3) is 0.214. The molecule has 1 saturated heterocycles. The first-order chi connectivity index (χ1) is 18.3. The van der Waals surface area contributed by atoms with Crippen molar-refractivity contribution in [2.45, 2.75) is 20.0 Å². The molecule has 194 valence electrons. The fourth-order valence-corrected chi connectivity index (χ4v) is 5.29. The monoisotopic (exact) mass is 546 g/mol. The van der Waals surface area contributed by atoms with Crippen LogP contribution in [0.3, 0.4) is 0 Å². The molecule has 10 heteroatoms. The van der Waals surface area contributed by atoms with Crippen molar-refractivity contribution in [3.8, 4) is 17.6 Å². The summed E-state index contributed by atoms with van der Waals surface area (Å²) < 4.78 is 12.3. The number of carbonyl (C=O) groups is 1. The predicted octanol–water partition coefficient (Wildman–Crippen LogP) is 4.60. The summed E-state index contributed by atoms with van der Waals surface area (Å²) in [5.41, 5.74) is 2.58. The Labute approximate surface area is 230 Å². The smallest absolute Gasteiger partial charge is 0.270 e. The summed E-state index contributed by atoms with van der Waals surface area (Å²) >= 11 is 6.72. The van der Waals surface area contributed by atoms with E-state index in [0.717, 1.165) is 22.6 Å². The summed E-state index contributed by atoms with van der Waals surface area (Å²) in [6.07, 6.45) is 1.71. The van der Waals surface area contributed by atoms with Gasteiger partial charge in [-0.15, -0.1) is 0 Å². The number of anilines is 1. The number of hydrogen-bond acceptors (Lipinski definition) is 8. The van der Waals surface area contributed by atoms with Gasteiger partial charge in [0.1, 0.15) is 33.3 Å². The molecule has 1 aliphatic rings. The average molecular weight is 547 g/mol. The second-order valence-electron chi connectivity index (χ2n) is 8.56. The lowest BCUT2D eigenvalue weighted by Gasteiger charge is -2.18. The molecular formula is C28H26N4O4S2. The van der Waals surface area contributed by atoms with E-state index >= 15 is 0 Å². The number of pyridine rings is 1. The number of aromatic nitrogens is 1. The Balaban J connectivity index is 1.68. The van der Waals surface area contributed by atoms with Gasteiger partial charge in [-0.2, -0.15) is 5.26 Å². The third-order valence-corrected chi connectivity index (χ3v) is 7.65. The molecule has 1 aromatic heterocycles. The number of rotatable bonds is 8. The number of thiocarbonyl (C=S) groups is 1. The maximum atomic E-state index is 13.4. The maximum Gasteiger partial charge on any atom is 0.270 e. The quantitative estimate of drug-likeness (QED) is 0.324.